The fourth-order valence-corrected chi connectivity index (χ4v) is 2.82. The standard InChI is InChI=1S/C19H16ClNO4/c20-15-6-8-16(9-7-15)21-11-14(10-18(21)23)19(24)25-12-17(22)13-4-2-1-3-5-13/h1-9,14H,10-12H2/t14-/m0/s1. The summed E-state index contributed by atoms with van der Waals surface area (Å²) in [7, 11) is 0. The smallest absolute Gasteiger partial charge is 0.311 e. The Morgan fingerprint density at radius 3 is 2.44 bits per heavy atom. The van der Waals surface area contributed by atoms with E-state index in [1.165, 1.54) is 4.90 Å². The van der Waals surface area contributed by atoms with Crippen LogP contribution in [0.1, 0.15) is 16.8 Å². The number of benzene rings is 2. The third-order valence-corrected chi connectivity index (χ3v) is 4.29. The molecular weight excluding hydrogens is 342 g/mol. The van der Waals surface area contributed by atoms with Gasteiger partial charge in [0.15, 0.2) is 12.4 Å². The van der Waals surface area contributed by atoms with Gasteiger partial charge in [-0.2, -0.15) is 0 Å². The van der Waals surface area contributed by atoms with Crippen LogP contribution >= 0.6 is 11.6 Å². The summed E-state index contributed by atoms with van der Waals surface area (Å²) in [6, 6.07) is 15.5. The highest BCUT2D eigenvalue weighted by atomic mass is 35.5. The van der Waals surface area contributed by atoms with Crippen LogP contribution in [0.15, 0.2) is 54.6 Å². The summed E-state index contributed by atoms with van der Waals surface area (Å²) in [5, 5.41) is 0.575. The molecule has 1 aliphatic rings. The van der Waals surface area contributed by atoms with Gasteiger partial charge in [0.2, 0.25) is 5.91 Å². The van der Waals surface area contributed by atoms with E-state index in [1.54, 1.807) is 54.6 Å². The minimum absolute atomic E-state index is 0.0704. The summed E-state index contributed by atoms with van der Waals surface area (Å²) < 4.78 is 5.11. The second-order valence-corrected chi connectivity index (χ2v) is 6.22. The Balaban J connectivity index is 1.57. The van der Waals surface area contributed by atoms with Gasteiger partial charge in [0.05, 0.1) is 5.92 Å². The molecule has 0 unspecified atom stereocenters. The van der Waals surface area contributed by atoms with Crippen molar-refractivity contribution in [3.63, 3.8) is 0 Å². The van der Waals surface area contributed by atoms with Crippen molar-refractivity contribution in [2.75, 3.05) is 18.1 Å². The molecule has 1 amide bonds. The summed E-state index contributed by atoms with van der Waals surface area (Å²) in [6.07, 6.45) is 0.0704. The fraction of sp³-hybridized carbons (Fsp3) is 0.211. The average Bonchev–Trinajstić information content (AvgIpc) is 3.02. The van der Waals surface area contributed by atoms with Crippen molar-refractivity contribution >= 4 is 34.9 Å². The Labute approximate surface area is 150 Å². The second kappa shape index (κ2) is 7.49. The second-order valence-electron chi connectivity index (χ2n) is 5.78. The lowest BCUT2D eigenvalue weighted by Crippen LogP contribution is -2.27. The number of rotatable bonds is 5. The molecule has 2 aromatic rings. The number of ether oxygens (including phenoxy) is 1. The predicted octanol–water partition coefficient (Wildman–Crippen LogP) is 3.12. The highest BCUT2D eigenvalue weighted by Gasteiger charge is 2.36. The quantitative estimate of drug-likeness (QED) is 0.609. The van der Waals surface area contributed by atoms with E-state index < -0.39 is 11.9 Å². The van der Waals surface area contributed by atoms with Crippen LogP contribution in [0.2, 0.25) is 5.02 Å². The molecule has 0 radical (unpaired) electrons. The van der Waals surface area contributed by atoms with Crippen LogP contribution in [0.5, 0.6) is 0 Å². The number of halogens is 1. The van der Waals surface area contributed by atoms with Crippen LogP contribution < -0.4 is 4.90 Å². The van der Waals surface area contributed by atoms with Crippen LogP contribution in [0, 0.1) is 5.92 Å². The minimum atomic E-state index is -0.577. The van der Waals surface area contributed by atoms with Gasteiger partial charge in [-0.25, -0.2) is 0 Å². The molecule has 1 saturated heterocycles. The molecule has 0 N–H and O–H groups in total. The van der Waals surface area contributed by atoms with Crippen LogP contribution in [0.25, 0.3) is 0 Å². The van der Waals surface area contributed by atoms with E-state index in [0.717, 1.165) is 0 Å². The zero-order valence-electron chi connectivity index (χ0n) is 13.4. The van der Waals surface area contributed by atoms with Crippen molar-refractivity contribution in [3.8, 4) is 0 Å². The number of carbonyl (C=O) groups is 3. The van der Waals surface area contributed by atoms with Gasteiger partial charge in [-0.15, -0.1) is 0 Å². The third kappa shape index (κ3) is 4.06. The molecule has 1 fully saturated rings. The number of hydrogen-bond donors (Lipinski definition) is 0. The molecule has 0 aliphatic carbocycles. The lowest BCUT2D eigenvalue weighted by molar-refractivity contribution is -0.147. The Bertz CT molecular complexity index is 789. The number of amides is 1. The van der Waals surface area contributed by atoms with Crippen LogP contribution in [0.4, 0.5) is 5.69 Å². The molecular formula is C19H16ClNO4. The Morgan fingerprint density at radius 1 is 1.08 bits per heavy atom. The van der Waals surface area contributed by atoms with E-state index in [4.69, 9.17) is 16.3 Å². The molecule has 128 valence electrons. The Morgan fingerprint density at radius 2 is 1.76 bits per heavy atom. The summed E-state index contributed by atoms with van der Waals surface area (Å²) >= 11 is 5.85. The zero-order chi connectivity index (χ0) is 17.8. The summed E-state index contributed by atoms with van der Waals surface area (Å²) in [5.74, 6) is -1.53. The predicted molar refractivity (Wildman–Crippen MR) is 93.6 cm³/mol. The van der Waals surface area contributed by atoms with Crippen molar-refractivity contribution in [2.45, 2.75) is 6.42 Å². The zero-order valence-corrected chi connectivity index (χ0v) is 14.1. The lowest BCUT2D eigenvalue weighted by Gasteiger charge is -2.16. The van der Waals surface area contributed by atoms with Crippen molar-refractivity contribution in [2.24, 2.45) is 5.92 Å². The van der Waals surface area contributed by atoms with Gasteiger partial charge in [0.25, 0.3) is 0 Å². The van der Waals surface area contributed by atoms with Gasteiger partial charge in [-0.05, 0) is 24.3 Å². The molecule has 5 nitrogen and oxygen atoms in total. The number of carbonyl (C=O) groups excluding carboxylic acids is 3. The fourth-order valence-electron chi connectivity index (χ4n) is 2.70. The monoisotopic (exact) mass is 357 g/mol. The largest absolute Gasteiger partial charge is 0.457 e. The van der Waals surface area contributed by atoms with Gasteiger partial charge in [0.1, 0.15) is 0 Å². The van der Waals surface area contributed by atoms with E-state index >= 15 is 0 Å². The van der Waals surface area contributed by atoms with E-state index in [2.05, 4.69) is 0 Å². The molecule has 25 heavy (non-hydrogen) atoms. The topological polar surface area (TPSA) is 63.7 Å². The summed E-state index contributed by atoms with van der Waals surface area (Å²) in [4.78, 5) is 37.8. The van der Waals surface area contributed by atoms with Crippen molar-refractivity contribution in [3.05, 3.63) is 65.2 Å². The van der Waals surface area contributed by atoms with E-state index in [1.807, 2.05) is 0 Å². The first-order valence-electron chi connectivity index (χ1n) is 7.85. The van der Waals surface area contributed by atoms with Crippen LogP contribution in [0.3, 0.4) is 0 Å². The van der Waals surface area contributed by atoms with Gasteiger partial charge in [-0.1, -0.05) is 41.9 Å². The lowest BCUT2D eigenvalue weighted by atomic mass is 10.1. The third-order valence-electron chi connectivity index (χ3n) is 4.04. The molecule has 0 spiro atoms. The van der Waals surface area contributed by atoms with E-state index in [-0.39, 0.29) is 31.3 Å². The number of anilines is 1. The first-order valence-corrected chi connectivity index (χ1v) is 8.23. The maximum atomic E-state index is 12.2. The van der Waals surface area contributed by atoms with Crippen LogP contribution in [-0.2, 0) is 14.3 Å². The SMILES string of the molecule is O=C(COC(=O)[C@H]1CC(=O)N(c2ccc(Cl)cc2)C1)c1ccccc1. The van der Waals surface area contributed by atoms with Crippen LogP contribution in [-0.4, -0.2) is 30.8 Å². The summed E-state index contributed by atoms with van der Waals surface area (Å²) in [6.45, 7) is -0.0900. The van der Waals surface area contributed by atoms with Crippen molar-refractivity contribution < 1.29 is 19.1 Å². The minimum Gasteiger partial charge on any atom is -0.457 e. The molecule has 0 aromatic heterocycles. The number of esters is 1. The Kier molecular flexibility index (Phi) is 5.14. The van der Waals surface area contributed by atoms with Crippen molar-refractivity contribution in [1.29, 1.82) is 0 Å². The molecule has 0 saturated carbocycles. The first kappa shape index (κ1) is 17.2. The Hall–Kier alpha value is -2.66. The number of nitrogens with zero attached hydrogens (tertiary/aromatic N) is 1. The van der Waals surface area contributed by atoms with E-state index in [0.29, 0.717) is 16.3 Å². The van der Waals surface area contributed by atoms with Gasteiger partial charge in [-0.3, -0.25) is 14.4 Å². The van der Waals surface area contributed by atoms with Gasteiger partial charge >= 0.3 is 5.97 Å². The molecule has 1 aliphatic heterocycles. The number of Topliss-reactive ketones (excluding diaryl/α,β-unsaturated/α-hetero) is 1. The number of ketones is 1. The highest BCUT2D eigenvalue weighted by Crippen LogP contribution is 2.27. The van der Waals surface area contributed by atoms with Gasteiger partial charge in [0, 0.05) is 29.2 Å². The molecule has 3 rings (SSSR count). The van der Waals surface area contributed by atoms with E-state index in [9.17, 15) is 14.4 Å². The first-order chi connectivity index (χ1) is 12.0. The normalized spacial score (nSPS) is 16.8. The molecule has 2 aromatic carbocycles. The molecule has 1 heterocycles. The highest BCUT2D eigenvalue weighted by molar-refractivity contribution is 6.30. The summed E-state index contributed by atoms with van der Waals surface area (Å²) in [5.41, 5.74) is 1.17. The maximum Gasteiger partial charge on any atom is 0.311 e. The van der Waals surface area contributed by atoms with Gasteiger partial charge < -0.3 is 9.64 Å². The maximum absolute atomic E-state index is 12.2. The average molecular weight is 358 g/mol. The molecule has 1 atom stereocenters. The van der Waals surface area contributed by atoms with Crippen molar-refractivity contribution in [1.82, 2.24) is 0 Å². The molecule has 6 heteroatoms. The molecule has 0 bridgehead atoms. The number of hydrogen-bond acceptors (Lipinski definition) is 4.